The summed E-state index contributed by atoms with van der Waals surface area (Å²) in [6.07, 6.45) is 12.3. The molecule has 12 nitrogen and oxygen atoms in total. The third-order valence-corrected chi connectivity index (χ3v) is 10.8. The van der Waals surface area contributed by atoms with Crippen LogP contribution in [-0.4, -0.2) is 93.7 Å². The van der Waals surface area contributed by atoms with Crippen LogP contribution >= 0.6 is 0 Å². The number of nitrogens with zero attached hydrogens (tertiary/aromatic N) is 8. The lowest BCUT2D eigenvalue weighted by Gasteiger charge is -2.41. The van der Waals surface area contributed by atoms with Crippen LogP contribution in [0, 0.1) is 17.1 Å². The van der Waals surface area contributed by atoms with Gasteiger partial charge in [-0.1, -0.05) is 19.8 Å². The monoisotopic (exact) mass is 656 g/mol. The van der Waals surface area contributed by atoms with E-state index in [4.69, 9.17) is 9.72 Å². The largest absolute Gasteiger partial charge is 0.495 e. The zero-order valence-electron chi connectivity index (χ0n) is 28.1. The van der Waals surface area contributed by atoms with Gasteiger partial charge in [-0.25, -0.2) is 14.4 Å². The average molecular weight is 657 g/mol. The number of nitriles is 1. The second-order valence-corrected chi connectivity index (χ2v) is 13.6. The lowest BCUT2D eigenvalue weighted by atomic mass is 9.89. The normalized spacial score (nSPS) is 23.3. The molecule has 1 amide bonds. The molecule has 2 saturated carbocycles. The van der Waals surface area contributed by atoms with Crippen LogP contribution in [0.25, 0.3) is 5.69 Å². The highest BCUT2D eigenvalue weighted by atomic mass is 19.1. The Hall–Kier alpha value is -4.28. The summed E-state index contributed by atoms with van der Waals surface area (Å²) in [4.78, 5) is 34.5. The quantitative estimate of drug-likeness (QED) is 0.345. The summed E-state index contributed by atoms with van der Waals surface area (Å²) in [5.41, 5.74) is 2.31. The van der Waals surface area contributed by atoms with E-state index in [1.165, 1.54) is 19.2 Å². The van der Waals surface area contributed by atoms with E-state index < -0.39 is 11.7 Å². The number of benzene rings is 1. The molecule has 3 aromatic rings. The molecule has 2 aliphatic carbocycles. The summed E-state index contributed by atoms with van der Waals surface area (Å²) < 4.78 is 23.1. The van der Waals surface area contributed by atoms with Gasteiger partial charge in [-0.15, -0.1) is 0 Å². The van der Waals surface area contributed by atoms with Gasteiger partial charge in [0.25, 0.3) is 5.91 Å². The van der Waals surface area contributed by atoms with E-state index in [9.17, 15) is 10.1 Å². The molecule has 3 fully saturated rings. The molecule has 2 aliphatic heterocycles. The highest BCUT2D eigenvalue weighted by molar-refractivity contribution is 5.96. The Balaban J connectivity index is 1.09. The maximum atomic E-state index is 15.6. The van der Waals surface area contributed by atoms with Gasteiger partial charge in [0.15, 0.2) is 11.5 Å². The van der Waals surface area contributed by atoms with Crippen LogP contribution in [0.3, 0.4) is 0 Å². The first-order valence-electron chi connectivity index (χ1n) is 17.4. The topological polar surface area (TPSA) is 127 Å². The number of nitrogens with one attached hydrogen (secondary N) is 2. The number of halogens is 1. The molecule has 48 heavy (non-hydrogen) atoms. The molecule has 0 bridgehead atoms. The van der Waals surface area contributed by atoms with E-state index in [0.29, 0.717) is 23.2 Å². The van der Waals surface area contributed by atoms with Gasteiger partial charge in [-0.2, -0.15) is 10.2 Å². The van der Waals surface area contributed by atoms with Crippen molar-refractivity contribution in [3.8, 4) is 17.5 Å². The maximum Gasteiger partial charge on any atom is 0.254 e. The summed E-state index contributed by atoms with van der Waals surface area (Å²) in [6.45, 7) is 6.48. The molecule has 2 N–H and O–H groups in total. The Morgan fingerprint density at radius 1 is 1.06 bits per heavy atom. The van der Waals surface area contributed by atoms with E-state index in [2.05, 4.69) is 55.3 Å². The highest BCUT2D eigenvalue weighted by Gasteiger charge is 2.39. The lowest BCUT2D eigenvalue weighted by Crippen LogP contribution is -2.51. The minimum atomic E-state index is -0.648. The molecule has 1 aromatic carbocycles. The fourth-order valence-corrected chi connectivity index (χ4v) is 8.17. The summed E-state index contributed by atoms with van der Waals surface area (Å²) in [6, 6.07) is 5.76. The van der Waals surface area contributed by atoms with Crippen molar-refractivity contribution in [3.63, 3.8) is 0 Å². The fourth-order valence-electron chi connectivity index (χ4n) is 8.17. The Morgan fingerprint density at radius 3 is 2.50 bits per heavy atom. The number of hydrogen-bond donors (Lipinski definition) is 2. The van der Waals surface area contributed by atoms with Crippen molar-refractivity contribution in [2.45, 2.75) is 88.9 Å². The van der Waals surface area contributed by atoms with Crippen molar-refractivity contribution in [1.82, 2.24) is 34.6 Å². The zero-order chi connectivity index (χ0) is 33.4. The van der Waals surface area contributed by atoms with Crippen molar-refractivity contribution in [2.75, 3.05) is 50.6 Å². The third kappa shape index (κ3) is 6.07. The van der Waals surface area contributed by atoms with Crippen LogP contribution in [0.2, 0.25) is 0 Å². The van der Waals surface area contributed by atoms with E-state index >= 15 is 4.39 Å². The summed E-state index contributed by atoms with van der Waals surface area (Å²) in [7, 11) is 3.66. The fraction of sp³-hybridized carbons (Fsp3) is 0.571. The SMILES string of the molecule is CC[C@@H]1c2c(C#N)ncn2-c2cnc(Nc3cc(F)c(C(=O)NC4CCC(N5CCN(C)CC5)CC4)cc3OC)nc2N1C1CCCC1. The van der Waals surface area contributed by atoms with E-state index in [1.807, 2.05) is 4.57 Å². The first-order valence-corrected chi connectivity index (χ1v) is 17.4. The van der Waals surface area contributed by atoms with E-state index in [-0.39, 0.29) is 29.6 Å². The van der Waals surface area contributed by atoms with Crippen LogP contribution < -0.4 is 20.3 Å². The Kier molecular flexibility index (Phi) is 9.20. The number of rotatable bonds is 8. The van der Waals surface area contributed by atoms with E-state index in [1.54, 1.807) is 12.5 Å². The van der Waals surface area contributed by atoms with Crippen molar-refractivity contribution in [2.24, 2.45) is 0 Å². The number of aromatic nitrogens is 4. The van der Waals surface area contributed by atoms with Crippen molar-refractivity contribution in [3.05, 3.63) is 47.4 Å². The summed E-state index contributed by atoms with van der Waals surface area (Å²) >= 11 is 0. The predicted molar refractivity (Wildman–Crippen MR) is 180 cm³/mol. The summed E-state index contributed by atoms with van der Waals surface area (Å²) in [5.74, 6) is 0.263. The number of ether oxygens (including phenoxy) is 1. The van der Waals surface area contributed by atoms with Gasteiger partial charge in [0.1, 0.15) is 29.7 Å². The van der Waals surface area contributed by atoms with E-state index in [0.717, 1.165) is 101 Å². The molecule has 1 atom stereocenters. The number of carbonyl (C=O) groups excluding carboxylic acids is 1. The van der Waals surface area contributed by atoms with Gasteiger partial charge < -0.3 is 25.2 Å². The van der Waals surface area contributed by atoms with Gasteiger partial charge >= 0.3 is 0 Å². The first kappa shape index (κ1) is 32.3. The van der Waals surface area contributed by atoms with Gasteiger partial charge in [0, 0.05) is 50.4 Å². The number of amides is 1. The van der Waals surface area contributed by atoms with Gasteiger partial charge in [0.05, 0.1) is 36.3 Å². The maximum absolute atomic E-state index is 15.6. The highest BCUT2D eigenvalue weighted by Crippen LogP contribution is 2.44. The number of anilines is 3. The van der Waals surface area contributed by atoms with Crippen LogP contribution in [0.1, 0.15) is 92.5 Å². The predicted octanol–water partition coefficient (Wildman–Crippen LogP) is 4.93. The van der Waals surface area contributed by atoms with Crippen molar-refractivity contribution < 1.29 is 13.9 Å². The molecule has 4 heterocycles. The number of fused-ring (bicyclic) bond motifs is 3. The molecule has 254 valence electrons. The molecule has 7 rings (SSSR count). The Bertz CT molecular complexity index is 1680. The smallest absolute Gasteiger partial charge is 0.254 e. The number of piperazine rings is 1. The molecule has 1 saturated heterocycles. The number of carbonyl (C=O) groups is 1. The van der Waals surface area contributed by atoms with Crippen molar-refractivity contribution >= 4 is 23.4 Å². The van der Waals surface area contributed by atoms with Gasteiger partial charge in [0.2, 0.25) is 5.95 Å². The van der Waals surface area contributed by atoms with Gasteiger partial charge in [-0.05, 0) is 58.1 Å². The second-order valence-electron chi connectivity index (χ2n) is 13.6. The molecule has 0 unspecified atom stereocenters. The minimum Gasteiger partial charge on any atom is -0.495 e. The van der Waals surface area contributed by atoms with Gasteiger partial charge in [-0.3, -0.25) is 14.3 Å². The van der Waals surface area contributed by atoms with Crippen LogP contribution in [0.15, 0.2) is 24.7 Å². The molecule has 0 spiro atoms. The molecule has 0 radical (unpaired) electrons. The average Bonchev–Trinajstić information content (AvgIpc) is 3.79. The molecule has 2 aromatic heterocycles. The number of hydrogen-bond acceptors (Lipinski definition) is 10. The minimum absolute atomic E-state index is 0.0170. The molecule has 13 heteroatoms. The first-order chi connectivity index (χ1) is 23.4. The summed E-state index contributed by atoms with van der Waals surface area (Å²) in [5, 5.41) is 16.0. The van der Waals surface area contributed by atoms with Crippen LogP contribution in [0.4, 0.5) is 21.8 Å². The van der Waals surface area contributed by atoms with Crippen LogP contribution in [0.5, 0.6) is 5.75 Å². The molecular weight excluding hydrogens is 611 g/mol. The standard InChI is InChI=1S/C35H45FN10O2/c1-4-29-32-28(19-37)39-21-45(32)30-20-38-35(42-33(30)46(29)24-7-5-6-8-24)41-27-18-26(36)25(17-31(27)48-3)34(47)40-22-9-11-23(12-10-22)44-15-13-43(2)14-16-44/h17-18,20-24,29H,4-16H2,1-3H3,(H,40,47)(H,38,41,42)/t22?,23?,29-/m1/s1. The third-order valence-electron chi connectivity index (χ3n) is 10.8. The zero-order valence-corrected chi connectivity index (χ0v) is 28.1. The lowest BCUT2D eigenvalue weighted by molar-refractivity contribution is 0.0789. The number of imidazole rings is 1. The molecule has 4 aliphatic rings. The molecular formula is C35H45FN10O2. The van der Waals surface area contributed by atoms with Crippen LogP contribution in [-0.2, 0) is 0 Å². The second kappa shape index (κ2) is 13.7. The van der Waals surface area contributed by atoms with Crippen molar-refractivity contribution in [1.29, 1.82) is 5.26 Å². The Morgan fingerprint density at radius 2 is 1.81 bits per heavy atom. The number of methoxy groups -OCH3 is 1. The number of likely N-dealkylation sites (N-methyl/N-ethyl adjacent to an activating group) is 1. The Labute approximate surface area is 281 Å².